The van der Waals surface area contributed by atoms with E-state index in [-0.39, 0.29) is 5.91 Å². The molecule has 2 N–H and O–H groups in total. The van der Waals surface area contributed by atoms with E-state index in [0.717, 1.165) is 13.0 Å². The maximum absolute atomic E-state index is 11.4. The summed E-state index contributed by atoms with van der Waals surface area (Å²) in [6, 6.07) is 5.29. The zero-order chi connectivity index (χ0) is 10.2. The average Bonchev–Trinajstić information content (AvgIpc) is 2.25. The number of nitrogens with zero attached hydrogens (tertiary/aromatic N) is 1. The summed E-state index contributed by atoms with van der Waals surface area (Å²) in [5.74, 6) is -0.110. The minimum atomic E-state index is -0.110. The molecule has 0 aliphatic rings. The minimum absolute atomic E-state index is 0.110. The van der Waals surface area contributed by atoms with Crippen molar-refractivity contribution in [2.24, 2.45) is 0 Å². The molecule has 0 saturated carbocycles. The van der Waals surface area contributed by atoms with Crippen molar-refractivity contribution in [3.05, 3.63) is 30.1 Å². The predicted octanol–water partition coefficient (Wildman–Crippen LogP) is 0.421. The van der Waals surface area contributed by atoms with Gasteiger partial charge in [-0.15, -0.1) is 0 Å². The van der Waals surface area contributed by atoms with Crippen LogP contribution in [0, 0.1) is 0 Å². The first kappa shape index (κ1) is 10.7. The van der Waals surface area contributed by atoms with Crippen molar-refractivity contribution in [1.82, 2.24) is 15.6 Å². The summed E-state index contributed by atoms with van der Waals surface area (Å²) in [5, 5.41) is 5.81. The lowest BCUT2D eigenvalue weighted by Crippen LogP contribution is -2.27. The zero-order valence-corrected chi connectivity index (χ0v) is 8.29. The van der Waals surface area contributed by atoms with Gasteiger partial charge in [0.05, 0.1) is 0 Å². The second-order valence-corrected chi connectivity index (χ2v) is 2.93. The number of pyridine rings is 1. The molecule has 76 valence electrons. The minimum Gasteiger partial charge on any atom is -0.351 e. The Balaban J connectivity index is 2.29. The summed E-state index contributed by atoms with van der Waals surface area (Å²) >= 11 is 0. The van der Waals surface area contributed by atoms with Gasteiger partial charge in [0, 0.05) is 12.7 Å². The number of rotatable bonds is 5. The summed E-state index contributed by atoms with van der Waals surface area (Å²) in [6.45, 7) is 1.58. The lowest BCUT2D eigenvalue weighted by atomic mass is 10.3. The van der Waals surface area contributed by atoms with Gasteiger partial charge in [-0.1, -0.05) is 6.07 Å². The van der Waals surface area contributed by atoms with E-state index in [1.165, 1.54) is 0 Å². The molecule has 0 spiro atoms. The molecule has 4 nitrogen and oxygen atoms in total. The van der Waals surface area contributed by atoms with Gasteiger partial charge < -0.3 is 10.6 Å². The molecule has 14 heavy (non-hydrogen) atoms. The molecule has 1 aromatic heterocycles. The van der Waals surface area contributed by atoms with Crippen molar-refractivity contribution in [2.45, 2.75) is 6.42 Å². The molecule has 4 heteroatoms. The highest BCUT2D eigenvalue weighted by Gasteiger charge is 2.03. The summed E-state index contributed by atoms with van der Waals surface area (Å²) in [4.78, 5) is 15.4. The first-order valence-electron chi connectivity index (χ1n) is 4.68. The van der Waals surface area contributed by atoms with Crippen LogP contribution >= 0.6 is 0 Å². The molecule has 0 unspecified atom stereocenters. The predicted molar refractivity (Wildman–Crippen MR) is 55.1 cm³/mol. The van der Waals surface area contributed by atoms with E-state index in [4.69, 9.17) is 0 Å². The molecular formula is C10H15N3O. The number of nitrogens with one attached hydrogen (secondary N) is 2. The Labute approximate surface area is 83.7 Å². The van der Waals surface area contributed by atoms with E-state index in [0.29, 0.717) is 12.2 Å². The first-order chi connectivity index (χ1) is 6.84. The van der Waals surface area contributed by atoms with Gasteiger partial charge in [-0.2, -0.15) is 0 Å². The monoisotopic (exact) mass is 193 g/mol. The van der Waals surface area contributed by atoms with Crippen LogP contribution in [0.15, 0.2) is 24.4 Å². The first-order valence-corrected chi connectivity index (χ1v) is 4.68. The fourth-order valence-electron chi connectivity index (χ4n) is 1.05. The molecule has 1 amide bonds. The molecule has 1 heterocycles. The van der Waals surface area contributed by atoms with Gasteiger partial charge in [-0.25, -0.2) is 0 Å². The van der Waals surface area contributed by atoms with Crippen LogP contribution < -0.4 is 10.6 Å². The van der Waals surface area contributed by atoms with Crippen molar-refractivity contribution in [3.63, 3.8) is 0 Å². The van der Waals surface area contributed by atoms with Crippen molar-refractivity contribution >= 4 is 5.91 Å². The number of amides is 1. The third-order valence-corrected chi connectivity index (χ3v) is 1.79. The highest BCUT2D eigenvalue weighted by atomic mass is 16.1. The lowest BCUT2D eigenvalue weighted by Gasteiger charge is -2.03. The van der Waals surface area contributed by atoms with E-state index in [9.17, 15) is 4.79 Å². The molecule has 0 atom stereocenters. The highest BCUT2D eigenvalue weighted by molar-refractivity contribution is 5.92. The Hall–Kier alpha value is -1.42. The van der Waals surface area contributed by atoms with Crippen molar-refractivity contribution in [2.75, 3.05) is 20.1 Å². The van der Waals surface area contributed by atoms with Crippen LogP contribution in [0.1, 0.15) is 16.9 Å². The largest absolute Gasteiger partial charge is 0.351 e. The van der Waals surface area contributed by atoms with Gasteiger partial charge in [0.1, 0.15) is 5.69 Å². The van der Waals surface area contributed by atoms with E-state index < -0.39 is 0 Å². The Kier molecular flexibility index (Phi) is 4.64. The Morgan fingerprint density at radius 1 is 1.43 bits per heavy atom. The summed E-state index contributed by atoms with van der Waals surface area (Å²) in [6.07, 6.45) is 2.54. The highest BCUT2D eigenvalue weighted by Crippen LogP contribution is 1.92. The quantitative estimate of drug-likeness (QED) is 0.666. The third-order valence-electron chi connectivity index (χ3n) is 1.79. The number of carbonyl (C=O) groups is 1. The third kappa shape index (κ3) is 3.53. The second-order valence-electron chi connectivity index (χ2n) is 2.93. The van der Waals surface area contributed by atoms with Crippen molar-refractivity contribution in [1.29, 1.82) is 0 Å². The zero-order valence-electron chi connectivity index (χ0n) is 8.29. The molecule has 0 radical (unpaired) electrons. The topological polar surface area (TPSA) is 54.0 Å². The molecule has 0 aliphatic heterocycles. The van der Waals surface area contributed by atoms with Crippen LogP contribution in [0.2, 0.25) is 0 Å². The number of carbonyl (C=O) groups excluding carboxylic acids is 1. The standard InChI is InChI=1S/C10H15N3O/c1-11-6-4-8-13-10(14)9-5-2-3-7-12-9/h2-3,5,7,11H,4,6,8H2,1H3,(H,13,14). The van der Waals surface area contributed by atoms with E-state index in [1.54, 1.807) is 24.4 Å². The molecule has 0 bridgehead atoms. The van der Waals surface area contributed by atoms with E-state index in [1.807, 2.05) is 7.05 Å². The Morgan fingerprint density at radius 3 is 2.93 bits per heavy atom. The van der Waals surface area contributed by atoms with Gasteiger partial charge in [-0.05, 0) is 32.1 Å². The molecule has 0 fully saturated rings. The van der Waals surface area contributed by atoms with Crippen LogP contribution in [0.25, 0.3) is 0 Å². The molecule has 0 saturated heterocycles. The molecular weight excluding hydrogens is 178 g/mol. The van der Waals surface area contributed by atoms with Gasteiger partial charge in [0.2, 0.25) is 0 Å². The summed E-state index contributed by atoms with van der Waals surface area (Å²) in [5.41, 5.74) is 0.469. The van der Waals surface area contributed by atoms with Gasteiger partial charge in [0.15, 0.2) is 0 Å². The second kappa shape index (κ2) is 6.10. The number of hydrogen-bond acceptors (Lipinski definition) is 3. The fraction of sp³-hybridized carbons (Fsp3) is 0.400. The number of hydrogen-bond donors (Lipinski definition) is 2. The van der Waals surface area contributed by atoms with Gasteiger partial charge >= 0.3 is 0 Å². The molecule has 1 aromatic rings. The molecule has 0 aromatic carbocycles. The smallest absolute Gasteiger partial charge is 0.269 e. The average molecular weight is 193 g/mol. The fourth-order valence-corrected chi connectivity index (χ4v) is 1.05. The Morgan fingerprint density at radius 2 is 2.29 bits per heavy atom. The normalized spacial score (nSPS) is 9.79. The van der Waals surface area contributed by atoms with Crippen LogP contribution in [0.3, 0.4) is 0 Å². The van der Waals surface area contributed by atoms with Crippen LogP contribution in [-0.2, 0) is 0 Å². The van der Waals surface area contributed by atoms with Crippen molar-refractivity contribution < 1.29 is 4.79 Å². The number of aromatic nitrogens is 1. The Bertz CT molecular complexity index is 274. The van der Waals surface area contributed by atoms with Gasteiger partial charge in [-0.3, -0.25) is 9.78 Å². The van der Waals surface area contributed by atoms with Gasteiger partial charge in [0.25, 0.3) is 5.91 Å². The maximum Gasteiger partial charge on any atom is 0.269 e. The molecule has 0 aliphatic carbocycles. The summed E-state index contributed by atoms with van der Waals surface area (Å²) < 4.78 is 0. The van der Waals surface area contributed by atoms with E-state index >= 15 is 0 Å². The summed E-state index contributed by atoms with van der Waals surface area (Å²) in [7, 11) is 1.89. The maximum atomic E-state index is 11.4. The van der Waals surface area contributed by atoms with Crippen LogP contribution in [-0.4, -0.2) is 31.0 Å². The molecule has 1 rings (SSSR count). The SMILES string of the molecule is CNCCCNC(=O)c1ccccn1. The lowest BCUT2D eigenvalue weighted by molar-refractivity contribution is 0.0948. The van der Waals surface area contributed by atoms with Crippen LogP contribution in [0.4, 0.5) is 0 Å². The van der Waals surface area contributed by atoms with Crippen molar-refractivity contribution in [3.8, 4) is 0 Å². The van der Waals surface area contributed by atoms with Crippen LogP contribution in [0.5, 0.6) is 0 Å². The van der Waals surface area contributed by atoms with E-state index in [2.05, 4.69) is 15.6 Å².